The lowest BCUT2D eigenvalue weighted by Gasteiger charge is -2.37. The average molecular weight is 856 g/mol. The first kappa shape index (κ1) is 43.1. The first-order valence-corrected chi connectivity index (χ1v) is 19.4. The van der Waals surface area contributed by atoms with Gasteiger partial charge in [0.1, 0.15) is 44.0 Å². The maximum absolute atomic E-state index is 12.8. The molecule has 18 nitrogen and oxygen atoms in total. The van der Waals surface area contributed by atoms with E-state index in [0.29, 0.717) is 28.8 Å². The summed E-state index contributed by atoms with van der Waals surface area (Å²) in [4.78, 5) is 41.1. The van der Waals surface area contributed by atoms with Crippen LogP contribution in [0.2, 0.25) is 10.0 Å². The van der Waals surface area contributed by atoms with Crippen LogP contribution in [0, 0.1) is 0 Å². The van der Waals surface area contributed by atoms with Gasteiger partial charge < -0.3 is 44.4 Å². The number of rotatable bonds is 14. The molecule has 3 aromatic carbocycles. The fraction of sp³-hybridized carbons (Fsp3) is 0.385. The van der Waals surface area contributed by atoms with Gasteiger partial charge in [-0.15, -0.1) is 0 Å². The number of piperazine rings is 1. The molecule has 0 spiro atoms. The van der Waals surface area contributed by atoms with E-state index in [9.17, 15) is 14.4 Å². The van der Waals surface area contributed by atoms with Crippen molar-refractivity contribution in [3.8, 4) is 11.4 Å². The molecular weight excluding hydrogens is 811 g/mol. The number of aliphatic hydroxyl groups is 2. The van der Waals surface area contributed by atoms with Gasteiger partial charge in [0.15, 0.2) is 12.2 Å². The number of carbonyl (C=O) groups is 2. The highest BCUT2D eigenvalue weighted by atomic mass is 35.5. The Morgan fingerprint density at radius 2 is 1.47 bits per heavy atom. The molecule has 5 atom stereocenters. The number of benzene rings is 3. The second-order valence-electron chi connectivity index (χ2n) is 13.9. The van der Waals surface area contributed by atoms with E-state index in [4.69, 9.17) is 57.8 Å². The summed E-state index contributed by atoms with van der Waals surface area (Å²) in [6, 6.07) is 21.6. The van der Waals surface area contributed by atoms with Gasteiger partial charge in [-0.2, -0.15) is 10.2 Å². The van der Waals surface area contributed by atoms with Gasteiger partial charge in [0.05, 0.1) is 23.4 Å². The van der Waals surface area contributed by atoms with Gasteiger partial charge in [0, 0.05) is 48.1 Å². The molecule has 0 saturated carbocycles. The molecule has 2 aromatic heterocycles. The Hall–Kier alpha value is -5.50. The molecule has 0 bridgehead atoms. The molecule has 20 heteroatoms. The quantitative estimate of drug-likeness (QED) is 0.126. The standard InChI is InChI=1S/C35H38Cl2N8O4.C4H6O6/c1-3-25(2)45-34(46)44(24-40-45)29-7-5-27(6-8-29)41-14-16-42(17-15-41)28-9-11-30(12-10-28)47-19-31-20-48-35(49-31,21-43-23-38-22-39-43)32-13-4-26(36)18-33(32)37;5-1(3(7)8)2(6)4(9)10/h4-13,18,22-25,31H,3,14-17,19-21H2,1-2H3;1-2,5-6H,(H,7,8)(H,9,10)/t25?,31-,35-;1-,2-/m01/s1. The van der Waals surface area contributed by atoms with Crippen molar-refractivity contribution in [2.45, 2.75) is 57.0 Å². The lowest BCUT2D eigenvalue weighted by Crippen LogP contribution is -2.46. The van der Waals surface area contributed by atoms with E-state index >= 15 is 0 Å². The van der Waals surface area contributed by atoms with Crippen molar-refractivity contribution in [1.29, 1.82) is 0 Å². The molecule has 0 aliphatic carbocycles. The molecule has 0 amide bonds. The third-order valence-corrected chi connectivity index (χ3v) is 10.5. The maximum Gasteiger partial charge on any atom is 0.350 e. The Bertz CT molecular complexity index is 2210. The zero-order chi connectivity index (χ0) is 42.3. The smallest absolute Gasteiger partial charge is 0.350 e. The number of hydrogen-bond acceptors (Lipinski definition) is 13. The number of ether oxygens (including phenoxy) is 3. The minimum Gasteiger partial charge on any atom is -0.491 e. The van der Waals surface area contributed by atoms with Crippen LogP contribution in [-0.4, -0.2) is 119 Å². The van der Waals surface area contributed by atoms with Crippen molar-refractivity contribution in [1.82, 2.24) is 29.1 Å². The van der Waals surface area contributed by atoms with Gasteiger partial charge in [-0.25, -0.2) is 33.3 Å². The normalized spacial score (nSPS) is 19.4. The number of nitrogens with zero attached hydrogens (tertiary/aromatic N) is 8. The van der Waals surface area contributed by atoms with E-state index in [1.807, 2.05) is 44.2 Å². The maximum atomic E-state index is 12.8. The van der Waals surface area contributed by atoms with Gasteiger partial charge in [0.25, 0.3) is 0 Å². The van der Waals surface area contributed by atoms with Crippen LogP contribution in [0.1, 0.15) is 31.9 Å². The fourth-order valence-electron chi connectivity index (χ4n) is 6.51. The van der Waals surface area contributed by atoms with Crippen molar-refractivity contribution in [3.63, 3.8) is 0 Å². The van der Waals surface area contributed by atoms with Crippen LogP contribution in [0.4, 0.5) is 11.4 Å². The Morgan fingerprint density at radius 1 is 0.881 bits per heavy atom. The number of hydrogen-bond donors (Lipinski definition) is 4. The molecule has 59 heavy (non-hydrogen) atoms. The topological polar surface area (TPSA) is 220 Å². The van der Waals surface area contributed by atoms with Gasteiger partial charge in [0.2, 0.25) is 5.79 Å². The zero-order valence-electron chi connectivity index (χ0n) is 32.1. The van der Waals surface area contributed by atoms with E-state index < -0.39 is 29.9 Å². The second kappa shape index (κ2) is 19.0. The number of aliphatic carboxylic acids is 2. The minimum atomic E-state index is -2.27. The van der Waals surface area contributed by atoms with Crippen LogP contribution in [0.3, 0.4) is 0 Å². The summed E-state index contributed by atoms with van der Waals surface area (Å²) >= 11 is 12.7. The van der Waals surface area contributed by atoms with Crippen LogP contribution in [-0.2, 0) is 31.4 Å². The van der Waals surface area contributed by atoms with Gasteiger partial charge >= 0.3 is 17.6 Å². The Kier molecular flexibility index (Phi) is 13.9. The fourth-order valence-corrected chi connectivity index (χ4v) is 7.06. The first-order chi connectivity index (χ1) is 28.3. The molecule has 4 heterocycles. The minimum absolute atomic E-state index is 0.0645. The molecule has 2 fully saturated rings. The summed E-state index contributed by atoms with van der Waals surface area (Å²) in [6.07, 6.45) is 0.655. The van der Waals surface area contributed by atoms with Crippen LogP contribution in [0.5, 0.6) is 5.75 Å². The first-order valence-electron chi connectivity index (χ1n) is 18.7. The Morgan fingerprint density at radius 3 is 2.02 bits per heavy atom. The number of carboxylic acid groups (broad SMARTS) is 2. The highest BCUT2D eigenvalue weighted by Gasteiger charge is 2.45. The molecular formula is C39H44Cl2N8O10. The Balaban J connectivity index is 0.000000520. The molecule has 2 saturated heterocycles. The molecule has 2 aliphatic heterocycles. The molecule has 4 N–H and O–H groups in total. The molecule has 0 radical (unpaired) electrons. The monoisotopic (exact) mass is 854 g/mol. The van der Waals surface area contributed by atoms with E-state index in [2.05, 4.69) is 49.2 Å². The lowest BCUT2D eigenvalue weighted by atomic mass is 10.1. The number of halogens is 2. The van der Waals surface area contributed by atoms with Crippen molar-refractivity contribution < 1.29 is 44.2 Å². The predicted molar refractivity (Wildman–Crippen MR) is 215 cm³/mol. The summed E-state index contributed by atoms with van der Waals surface area (Å²) in [5.74, 6) is -3.95. The summed E-state index contributed by atoms with van der Waals surface area (Å²) in [5, 5.41) is 42.0. The molecule has 1 unspecified atom stereocenters. The van der Waals surface area contributed by atoms with Crippen molar-refractivity contribution in [3.05, 3.63) is 112 Å². The van der Waals surface area contributed by atoms with E-state index in [0.717, 1.165) is 55.4 Å². The van der Waals surface area contributed by atoms with Gasteiger partial charge in [-0.05, 0) is 74.0 Å². The van der Waals surface area contributed by atoms with Crippen molar-refractivity contribution in [2.24, 2.45) is 0 Å². The average Bonchev–Trinajstić information content (AvgIpc) is 4.01. The Labute approximate surface area is 348 Å². The SMILES string of the molecule is CCC(C)n1ncn(-c2ccc(N3CCN(c4ccc(OC[C@H]5CO[C@](Cn6cncn6)(c6ccc(Cl)cc6Cl)O5)cc4)CC3)cc2)c1=O.O=C(O)[C@H](O)[C@@H](O)C(=O)O. The third-order valence-electron chi connectivity index (χ3n) is 9.96. The number of aliphatic hydroxyl groups excluding tert-OH is 2. The number of anilines is 2. The number of carboxylic acids is 2. The second-order valence-corrected chi connectivity index (χ2v) is 14.7. The summed E-state index contributed by atoms with van der Waals surface area (Å²) in [5.41, 5.74) is 3.64. The summed E-state index contributed by atoms with van der Waals surface area (Å²) in [6.45, 7) is 8.48. The van der Waals surface area contributed by atoms with Crippen molar-refractivity contribution >= 4 is 46.5 Å². The van der Waals surface area contributed by atoms with Gasteiger partial charge in [-0.1, -0.05) is 36.2 Å². The highest BCUT2D eigenvalue weighted by Crippen LogP contribution is 2.40. The predicted octanol–water partition coefficient (Wildman–Crippen LogP) is 3.45. The molecule has 7 rings (SSSR count). The molecule has 2 aliphatic rings. The lowest BCUT2D eigenvalue weighted by molar-refractivity contribution is -0.190. The molecule has 5 aromatic rings. The summed E-state index contributed by atoms with van der Waals surface area (Å²) < 4.78 is 23.7. The van der Waals surface area contributed by atoms with Crippen LogP contribution < -0.4 is 20.2 Å². The summed E-state index contributed by atoms with van der Waals surface area (Å²) in [7, 11) is 0. The van der Waals surface area contributed by atoms with E-state index in [1.165, 1.54) is 11.0 Å². The molecule has 314 valence electrons. The van der Waals surface area contributed by atoms with E-state index in [-0.39, 0.29) is 24.4 Å². The van der Waals surface area contributed by atoms with Crippen molar-refractivity contribution in [2.75, 3.05) is 49.2 Å². The van der Waals surface area contributed by atoms with E-state index in [1.54, 1.807) is 34.0 Å². The van der Waals surface area contributed by atoms with Crippen LogP contribution in [0.25, 0.3) is 5.69 Å². The van der Waals surface area contributed by atoms with Crippen LogP contribution >= 0.6 is 23.2 Å². The zero-order valence-corrected chi connectivity index (χ0v) is 33.6. The highest BCUT2D eigenvalue weighted by molar-refractivity contribution is 6.35. The van der Waals surface area contributed by atoms with Gasteiger partial charge in [-0.3, -0.25) is 0 Å². The van der Waals surface area contributed by atoms with Crippen LogP contribution in [0.15, 0.2) is 90.5 Å². The largest absolute Gasteiger partial charge is 0.491 e. The number of aromatic nitrogens is 6. The third kappa shape index (κ3) is 10.2.